The minimum atomic E-state index is 0.132. The van der Waals surface area contributed by atoms with Crippen LogP contribution in [0, 0.1) is 0 Å². The highest BCUT2D eigenvalue weighted by atomic mass is 16.6. The van der Waals surface area contributed by atoms with Crippen molar-refractivity contribution in [3.8, 4) is 0 Å². The van der Waals surface area contributed by atoms with E-state index in [4.69, 9.17) is 14.2 Å². The number of likely N-dealkylation sites (N-methyl/N-ethyl adjacent to an activating group) is 1. The zero-order chi connectivity index (χ0) is 11.1. The maximum absolute atomic E-state index is 5.88. The molecule has 4 nitrogen and oxygen atoms in total. The van der Waals surface area contributed by atoms with E-state index < -0.39 is 0 Å². The van der Waals surface area contributed by atoms with Gasteiger partial charge < -0.3 is 19.5 Å². The second-order valence-corrected chi connectivity index (χ2v) is 3.90. The van der Waals surface area contributed by atoms with Gasteiger partial charge in [0, 0.05) is 19.3 Å². The van der Waals surface area contributed by atoms with E-state index in [1.54, 1.807) is 0 Å². The summed E-state index contributed by atoms with van der Waals surface area (Å²) < 4.78 is 16.6. The van der Waals surface area contributed by atoms with Crippen molar-refractivity contribution < 1.29 is 14.2 Å². The molecule has 3 atom stereocenters. The van der Waals surface area contributed by atoms with Crippen molar-refractivity contribution >= 4 is 0 Å². The molecule has 3 unspecified atom stereocenters. The van der Waals surface area contributed by atoms with Crippen LogP contribution < -0.4 is 5.32 Å². The van der Waals surface area contributed by atoms with Gasteiger partial charge >= 0.3 is 0 Å². The molecular weight excluding hydrogens is 194 g/mol. The second-order valence-electron chi connectivity index (χ2n) is 3.90. The molecule has 0 aromatic carbocycles. The zero-order valence-corrected chi connectivity index (χ0v) is 9.99. The van der Waals surface area contributed by atoms with Gasteiger partial charge in [0.15, 0.2) is 0 Å². The normalized spacial score (nSPS) is 29.0. The fourth-order valence-corrected chi connectivity index (χ4v) is 1.80. The molecule has 0 aromatic rings. The van der Waals surface area contributed by atoms with E-state index in [0.717, 1.165) is 19.6 Å². The molecule has 15 heavy (non-hydrogen) atoms. The largest absolute Gasteiger partial charge is 0.379 e. The molecule has 1 aliphatic heterocycles. The van der Waals surface area contributed by atoms with Crippen LogP contribution in [0.4, 0.5) is 0 Å². The van der Waals surface area contributed by atoms with Crippen molar-refractivity contribution in [1.82, 2.24) is 5.32 Å². The van der Waals surface area contributed by atoms with Gasteiger partial charge in [-0.1, -0.05) is 0 Å². The Balaban J connectivity index is 2.27. The van der Waals surface area contributed by atoms with Gasteiger partial charge in [0.25, 0.3) is 0 Å². The monoisotopic (exact) mass is 217 g/mol. The predicted octanol–water partition coefficient (Wildman–Crippen LogP) is 0.805. The molecule has 0 aromatic heterocycles. The predicted molar refractivity (Wildman–Crippen MR) is 59.1 cm³/mol. The fourth-order valence-electron chi connectivity index (χ4n) is 1.80. The summed E-state index contributed by atoms with van der Waals surface area (Å²) in [6.07, 6.45) is 1.30. The van der Waals surface area contributed by atoms with Crippen LogP contribution >= 0.6 is 0 Å². The highest BCUT2D eigenvalue weighted by Gasteiger charge is 2.26. The van der Waals surface area contributed by atoms with Gasteiger partial charge in [-0.3, -0.25) is 0 Å². The molecule has 1 saturated heterocycles. The second kappa shape index (κ2) is 7.17. The molecule has 0 spiro atoms. The Morgan fingerprint density at radius 1 is 1.53 bits per heavy atom. The molecule has 0 saturated carbocycles. The summed E-state index contributed by atoms with van der Waals surface area (Å²) >= 11 is 0. The van der Waals surface area contributed by atoms with Crippen molar-refractivity contribution in [2.24, 2.45) is 0 Å². The summed E-state index contributed by atoms with van der Waals surface area (Å²) in [6.45, 7) is 6.94. The Morgan fingerprint density at radius 2 is 2.33 bits per heavy atom. The van der Waals surface area contributed by atoms with Gasteiger partial charge in [0.05, 0.1) is 25.4 Å². The molecule has 0 aliphatic carbocycles. The first-order chi connectivity index (χ1) is 7.27. The summed E-state index contributed by atoms with van der Waals surface area (Å²) in [7, 11) is 1.97. The molecule has 0 radical (unpaired) electrons. The lowest BCUT2D eigenvalue weighted by Gasteiger charge is -2.33. The Morgan fingerprint density at radius 3 is 3.00 bits per heavy atom. The van der Waals surface area contributed by atoms with E-state index in [1.165, 1.54) is 0 Å². The van der Waals surface area contributed by atoms with Crippen LogP contribution in [0.3, 0.4) is 0 Å². The molecule has 1 N–H and O–H groups in total. The maximum atomic E-state index is 5.88. The van der Waals surface area contributed by atoms with Crippen molar-refractivity contribution in [2.45, 2.75) is 38.5 Å². The van der Waals surface area contributed by atoms with E-state index in [9.17, 15) is 0 Å². The van der Waals surface area contributed by atoms with Crippen molar-refractivity contribution in [3.63, 3.8) is 0 Å². The Hall–Kier alpha value is -0.160. The summed E-state index contributed by atoms with van der Waals surface area (Å²) in [6, 6.07) is 0.405. The van der Waals surface area contributed by atoms with Crippen LogP contribution in [0.5, 0.6) is 0 Å². The van der Waals surface area contributed by atoms with E-state index in [2.05, 4.69) is 5.32 Å². The Kier molecular flexibility index (Phi) is 6.17. The van der Waals surface area contributed by atoms with Crippen LogP contribution in [-0.4, -0.2) is 51.7 Å². The average molecular weight is 217 g/mol. The molecule has 0 bridgehead atoms. The van der Waals surface area contributed by atoms with Crippen molar-refractivity contribution in [2.75, 3.05) is 33.5 Å². The summed E-state index contributed by atoms with van der Waals surface area (Å²) in [5.74, 6) is 0. The third-order valence-electron chi connectivity index (χ3n) is 2.64. The number of nitrogens with one attached hydrogen (secondary N) is 1. The first-order valence-electron chi connectivity index (χ1n) is 5.76. The van der Waals surface area contributed by atoms with E-state index in [1.807, 2.05) is 20.9 Å². The number of hydrogen-bond acceptors (Lipinski definition) is 4. The minimum absolute atomic E-state index is 0.132. The number of hydrogen-bond donors (Lipinski definition) is 1. The van der Waals surface area contributed by atoms with Crippen LogP contribution in [0.1, 0.15) is 20.3 Å². The van der Waals surface area contributed by atoms with Crippen molar-refractivity contribution in [1.29, 1.82) is 0 Å². The first-order valence-corrected chi connectivity index (χ1v) is 5.76. The maximum Gasteiger partial charge on any atom is 0.0966 e. The van der Waals surface area contributed by atoms with Crippen LogP contribution in [-0.2, 0) is 14.2 Å². The minimum Gasteiger partial charge on any atom is -0.379 e. The van der Waals surface area contributed by atoms with E-state index in [0.29, 0.717) is 19.3 Å². The fraction of sp³-hybridized carbons (Fsp3) is 1.00. The summed E-state index contributed by atoms with van der Waals surface area (Å²) in [4.78, 5) is 0. The smallest absolute Gasteiger partial charge is 0.0966 e. The van der Waals surface area contributed by atoms with Gasteiger partial charge in [-0.15, -0.1) is 0 Å². The van der Waals surface area contributed by atoms with E-state index in [-0.39, 0.29) is 12.2 Å². The highest BCUT2D eigenvalue weighted by Crippen LogP contribution is 2.13. The third kappa shape index (κ3) is 4.47. The van der Waals surface area contributed by atoms with Gasteiger partial charge in [-0.2, -0.15) is 0 Å². The molecule has 1 fully saturated rings. The molecule has 1 heterocycles. The van der Waals surface area contributed by atoms with Gasteiger partial charge in [0.2, 0.25) is 0 Å². The zero-order valence-electron chi connectivity index (χ0n) is 9.99. The molecule has 90 valence electrons. The van der Waals surface area contributed by atoms with Crippen LogP contribution in [0.2, 0.25) is 0 Å². The standard InChI is InChI=1S/C11H23NO3/c1-4-13-7-9(2)15-11-8-14-6-5-10(11)12-3/h9-12H,4-8H2,1-3H3. The summed E-state index contributed by atoms with van der Waals surface area (Å²) in [5.41, 5.74) is 0. The third-order valence-corrected chi connectivity index (χ3v) is 2.64. The molecule has 0 amide bonds. The number of rotatable bonds is 6. The summed E-state index contributed by atoms with van der Waals surface area (Å²) in [5, 5.41) is 3.27. The lowest BCUT2D eigenvalue weighted by atomic mass is 10.1. The van der Waals surface area contributed by atoms with Gasteiger partial charge in [0.1, 0.15) is 0 Å². The average Bonchev–Trinajstić information content (AvgIpc) is 2.27. The van der Waals surface area contributed by atoms with Gasteiger partial charge in [-0.05, 0) is 27.3 Å². The molecule has 1 rings (SSSR count). The first kappa shape index (κ1) is 12.9. The number of ether oxygens (including phenoxy) is 3. The SMILES string of the molecule is CCOCC(C)OC1COCCC1NC. The van der Waals surface area contributed by atoms with E-state index >= 15 is 0 Å². The quantitative estimate of drug-likeness (QED) is 0.714. The lowest BCUT2D eigenvalue weighted by Crippen LogP contribution is -2.48. The van der Waals surface area contributed by atoms with Crippen molar-refractivity contribution in [3.05, 3.63) is 0 Å². The van der Waals surface area contributed by atoms with Crippen LogP contribution in [0.15, 0.2) is 0 Å². The van der Waals surface area contributed by atoms with Gasteiger partial charge in [-0.25, -0.2) is 0 Å². The Labute approximate surface area is 92.3 Å². The Bertz CT molecular complexity index is 166. The lowest BCUT2D eigenvalue weighted by molar-refractivity contribution is -0.111. The highest BCUT2D eigenvalue weighted by molar-refractivity contribution is 4.79. The molecule has 4 heteroatoms. The molecule has 1 aliphatic rings. The van der Waals surface area contributed by atoms with Crippen LogP contribution in [0.25, 0.3) is 0 Å². The molecular formula is C11H23NO3. The topological polar surface area (TPSA) is 39.7 Å².